The van der Waals surface area contributed by atoms with Gasteiger partial charge in [-0.25, -0.2) is 9.98 Å². The van der Waals surface area contributed by atoms with Crippen molar-refractivity contribution in [1.29, 1.82) is 10.5 Å². The third kappa shape index (κ3) is 7.29. The second-order valence-electron chi connectivity index (χ2n) is 3.11. The molecule has 0 N–H and O–H groups in total. The molecular weight excluding hydrogens is 232 g/mol. The highest BCUT2D eigenvalue weighted by molar-refractivity contribution is 5.63. The molecule has 6 heteroatoms. The molecule has 0 aliphatic carbocycles. The summed E-state index contributed by atoms with van der Waals surface area (Å²) in [5.41, 5.74) is 0.00420. The van der Waals surface area contributed by atoms with E-state index in [4.69, 9.17) is 20.0 Å². The van der Waals surface area contributed by atoms with Crippen LogP contribution in [0.4, 0.5) is 0 Å². The second kappa shape index (κ2) is 11.5. The third-order valence-electron chi connectivity index (χ3n) is 1.78. The molecule has 0 aliphatic rings. The van der Waals surface area contributed by atoms with Gasteiger partial charge in [0.15, 0.2) is 11.4 Å². The SMILES string of the molecule is COCC/C=N/C(C#N)=C(C#N)\N=C\CCOC. The van der Waals surface area contributed by atoms with Crippen LogP contribution in [0.2, 0.25) is 0 Å². The number of allylic oxidation sites excluding steroid dienone is 2. The van der Waals surface area contributed by atoms with E-state index in [-0.39, 0.29) is 11.4 Å². The van der Waals surface area contributed by atoms with Crippen molar-refractivity contribution < 1.29 is 9.47 Å². The van der Waals surface area contributed by atoms with E-state index in [9.17, 15) is 0 Å². The van der Waals surface area contributed by atoms with Crippen molar-refractivity contribution in [2.45, 2.75) is 12.8 Å². The van der Waals surface area contributed by atoms with Gasteiger partial charge in [-0.15, -0.1) is 0 Å². The number of aliphatic imine (C=N–C) groups is 2. The van der Waals surface area contributed by atoms with Crippen molar-refractivity contribution in [2.75, 3.05) is 27.4 Å². The topological polar surface area (TPSA) is 90.8 Å². The molecule has 0 saturated heterocycles. The average Bonchev–Trinajstić information content (AvgIpc) is 2.40. The van der Waals surface area contributed by atoms with Crippen molar-refractivity contribution in [3.63, 3.8) is 0 Å². The molecule has 0 radical (unpaired) electrons. The van der Waals surface area contributed by atoms with Crippen LogP contribution >= 0.6 is 0 Å². The van der Waals surface area contributed by atoms with E-state index in [0.29, 0.717) is 26.1 Å². The van der Waals surface area contributed by atoms with Crippen LogP contribution in [0.1, 0.15) is 12.8 Å². The van der Waals surface area contributed by atoms with Crippen LogP contribution < -0.4 is 0 Å². The fourth-order valence-corrected chi connectivity index (χ4v) is 0.939. The van der Waals surface area contributed by atoms with Gasteiger partial charge in [0.25, 0.3) is 0 Å². The maximum absolute atomic E-state index is 8.88. The van der Waals surface area contributed by atoms with Gasteiger partial charge < -0.3 is 9.47 Å². The molecule has 0 aromatic carbocycles. The van der Waals surface area contributed by atoms with Crippen molar-refractivity contribution in [1.82, 2.24) is 0 Å². The quantitative estimate of drug-likeness (QED) is 0.369. The van der Waals surface area contributed by atoms with Crippen LogP contribution in [0.5, 0.6) is 0 Å². The fraction of sp³-hybridized carbons (Fsp3) is 0.500. The van der Waals surface area contributed by atoms with Gasteiger partial charge in [-0.2, -0.15) is 10.5 Å². The monoisotopic (exact) mass is 248 g/mol. The molecule has 0 rings (SSSR count). The van der Waals surface area contributed by atoms with Crippen LogP contribution in [0.25, 0.3) is 0 Å². The van der Waals surface area contributed by atoms with Gasteiger partial charge in [-0.1, -0.05) is 0 Å². The zero-order valence-corrected chi connectivity index (χ0v) is 10.6. The number of ether oxygens (including phenoxy) is 2. The van der Waals surface area contributed by atoms with Crippen LogP contribution in [-0.2, 0) is 9.47 Å². The molecule has 0 heterocycles. The molecule has 0 saturated carbocycles. The minimum atomic E-state index is 0.00210. The van der Waals surface area contributed by atoms with Crippen molar-refractivity contribution in [2.24, 2.45) is 9.98 Å². The zero-order chi connectivity index (χ0) is 13.6. The molecule has 96 valence electrons. The Morgan fingerprint density at radius 1 is 0.944 bits per heavy atom. The standard InChI is InChI=1S/C12H16N4O2/c1-17-7-3-5-15-11(9-13)12(10-14)16-6-4-8-18-2/h5-6H,3-4,7-8H2,1-2H3/b12-11-,15-5+,16-6+. The van der Waals surface area contributed by atoms with Gasteiger partial charge in [0.2, 0.25) is 0 Å². The minimum absolute atomic E-state index is 0.00210. The Kier molecular flexibility index (Phi) is 10.2. The van der Waals surface area contributed by atoms with E-state index >= 15 is 0 Å². The molecule has 0 aliphatic heterocycles. The van der Waals surface area contributed by atoms with Crippen molar-refractivity contribution in [3.8, 4) is 12.1 Å². The smallest absolute Gasteiger partial charge is 0.176 e. The van der Waals surface area contributed by atoms with Gasteiger partial charge in [-0.3, -0.25) is 0 Å². The molecule has 0 amide bonds. The highest BCUT2D eigenvalue weighted by Gasteiger charge is 2.01. The molecule has 0 atom stereocenters. The molecule has 18 heavy (non-hydrogen) atoms. The maximum Gasteiger partial charge on any atom is 0.176 e. The molecule has 0 bridgehead atoms. The zero-order valence-electron chi connectivity index (χ0n) is 10.6. The average molecular weight is 248 g/mol. The highest BCUT2D eigenvalue weighted by atomic mass is 16.5. The highest BCUT2D eigenvalue weighted by Crippen LogP contribution is 2.05. The lowest BCUT2D eigenvalue weighted by molar-refractivity contribution is 0.208. The number of rotatable bonds is 8. The Balaban J connectivity index is 4.65. The summed E-state index contributed by atoms with van der Waals surface area (Å²) in [5, 5.41) is 17.8. The molecule has 0 aromatic rings. The predicted octanol–water partition coefficient (Wildman–Crippen LogP) is 1.46. The number of nitriles is 2. The van der Waals surface area contributed by atoms with Gasteiger partial charge in [0.1, 0.15) is 12.1 Å². The number of methoxy groups -OCH3 is 2. The van der Waals surface area contributed by atoms with Crippen LogP contribution in [0.15, 0.2) is 21.4 Å². The van der Waals surface area contributed by atoms with E-state index in [1.807, 2.05) is 12.1 Å². The van der Waals surface area contributed by atoms with Crippen LogP contribution in [-0.4, -0.2) is 39.9 Å². The lowest BCUT2D eigenvalue weighted by Gasteiger charge is -1.94. The Labute approximate surface area is 107 Å². The molecule has 0 aromatic heterocycles. The van der Waals surface area contributed by atoms with Crippen molar-refractivity contribution in [3.05, 3.63) is 11.4 Å². The summed E-state index contributed by atoms with van der Waals surface area (Å²) in [4.78, 5) is 7.79. The first-order valence-electron chi connectivity index (χ1n) is 5.37. The Morgan fingerprint density at radius 3 is 1.61 bits per heavy atom. The van der Waals surface area contributed by atoms with E-state index in [1.165, 1.54) is 12.4 Å². The first-order chi connectivity index (χ1) is 8.79. The largest absolute Gasteiger partial charge is 0.384 e. The minimum Gasteiger partial charge on any atom is -0.384 e. The number of hydrogen-bond donors (Lipinski definition) is 0. The van der Waals surface area contributed by atoms with Gasteiger partial charge >= 0.3 is 0 Å². The molecule has 0 fully saturated rings. The first kappa shape index (κ1) is 16.0. The third-order valence-corrected chi connectivity index (χ3v) is 1.78. The van der Waals surface area contributed by atoms with E-state index < -0.39 is 0 Å². The molecule has 0 unspecified atom stereocenters. The molecule has 0 spiro atoms. The van der Waals surface area contributed by atoms with Gasteiger partial charge in [0.05, 0.1) is 13.2 Å². The van der Waals surface area contributed by atoms with E-state index in [2.05, 4.69) is 9.98 Å². The van der Waals surface area contributed by atoms with E-state index in [1.54, 1.807) is 14.2 Å². The fourth-order valence-electron chi connectivity index (χ4n) is 0.939. The van der Waals surface area contributed by atoms with Crippen LogP contribution in [0, 0.1) is 22.7 Å². The maximum atomic E-state index is 8.88. The lowest BCUT2D eigenvalue weighted by Crippen LogP contribution is -1.91. The normalized spacial score (nSPS) is 12.4. The summed E-state index contributed by atoms with van der Waals surface area (Å²) in [7, 11) is 3.16. The lowest BCUT2D eigenvalue weighted by atomic mass is 10.3. The number of hydrogen-bond acceptors (Lipinski definition) is 6. The van der Waals surface area contributed by atoms with Crippen LogP contribution in [0.3, 0.4) is 0 Å². The summed E-state index contributed by atoms with van der Waals surface area (Å²) >= 11 is 0. The summed E-state index contributed by atoms with van der Waals surface area (Å²) in [6.45, 7) is 1.03. The Bertz CT molecular complexity index is 361. The van der Waals surface area contributed by atoms with Gasteiger partial charge in [0, 0.05) is 39.5 Å². The summed E-state index contributed by atoms with van der Waals surface area (Å²) < 4.78 is 9.67. The van der Waals surface area contributed by atoms with E-state index in [0.717, 1.165) is 0 Å². The Morgan fingerprint density at radius 2 is 1.33 bits per heavy atom. The van der Waals surface area contributed by atoms with Gasteiger partial charge in [-0.05, 0) is 0 Å². The molecular formula is C12H16N4O2. The molecule has 6 nitrogen and oxygen atoms in total. The number of nitrogens with zero attached hydrogens (tertiary/aromatic N) is 4. The second-order valence-corrected chi connectivity index (χ2v) is 3.11. The summed E-state index contributed by atoms with van der Waals surface area (Å²) in [6, 6.07) is 3.69. The Hall–Kier alpha value is -2.02. The predicted molar refractivity (Wildman–Crippen MR) is 68.2 cm³/mol. The summed E-state index contributed by atoms with van der Waals surface area (Å²) in [5.74, 6) is 0. The summed E-state index contributed by atoms with van der Waals surface area (Å²) in [6.07, 6.45) is 4.22. The first-order valence-corrected chi connectivity index (χ1v) is 5.37. The van der Waals surface area contributed by atoms with Crippen molar-refractivity contribution >= 4 is 12.4 Å².